The van der Waals surface area contributed by atoms with Gasteiger partial charge >= 0.3 is 0 Å². The van der Waals surface area contributed by atoms with Crippen molar-refractivity contribution in [2.24, 2.45) is 5.92 Å². The molecule has 0 bridgehead atoms. The molecule has 158 valence electrons. The number of rotatable bonds is 4. The van der Waals surface area contributed by atoms with Crippen LogP contribution in [0.4, 0.5) is 0 Å². The summed E-state index contributed by atoms with van der Waals surface area (Å²) < 4.78 is 6.25. The number of carbonyl (C=O) groups excluding carboxylic acids is 2. The van der Waals surface area contributed by atoms with Crippen LogP contribution in [-0.4, -0.2) is 35.1 Å². The third kappa shape index (κ3) is 4.12. The second-order valence-electron chi connectivity index (χ2n) is 8.70. The van der Waals surface area contributed by atoms with Gasteiger partial charge in [0.05, 0.1) is 6.61 Å². The number of carbonyl (C=O) groups is 2. The molecule has 5 heteroatoms. The number of nitrogens with zero attached hydrogens (tertiary/aromatic N) is 1. The van der Waals surface area contributed by atoms with Crippen LogP contribution in [0.2, 0.25) is 0 Å². The summed E-state index contributed by atoms with van der Waals surface area (Å²) in [6.45, 7) is 4.89. The molecule has 2 aromatic carbocycles. The molecule has 1 N–H and O–H groups in total. The van der Waals surface area contributed by atoms with E-state index in [4.69, 9.17) is 4.74 Å². The molecule has 1 spiro atoms. The maximum Gasteiger partial charge on any atom is 0.256 e. The Morgan fingerprint density at radius 3 is 2.53 bits per heavy atom. The van der Waals surface area contributed by atoms with Gasteiger partial charge in [-0.1, -0.05) is 55.0 Å². The topological polar surface area (TPSA) is 58.6 Å². The molecule has 4 rings (SSSR count). The zero-order valence-corrected chi connectivity index (χ0v) is 17.8. The van der Waals surface area contributed by atoms with E-state index in [1.54, 1.807) is 4.90 Å². The van der Waals surface area contributed by atoms with Gasteiger partial charge in [0.25, 0.3) is 5.91 Å². The highest BCUT2D eigenvalue weighted by Gasteiger charge is 2.53. The van der Waals surface area contributed by atoms with E-state index < -0.39 is 11.8 Å². The molecule has 1 saturated carbocycles. The van der Waals surface area contributed by atoms with Crippen LogP contribution in [0.3, 0.4) is 0 Å². The minimum absolute atomic E-state index is 0.120. The number of hydrogen-bond donors (Lipinski definition) is 1. The van der Waals surface area contributed by atoms with Crippen molar-refractivity contribution in [3.05, 3.63) is 71.3 Å². The van der Waals surface area contributed by atoms with Crippen LogP contribution in [0.15, 0.2) is 54.6 Å². The van der Waals surface area contributed by atoms with Gasteiger partial charge in [-0.05, 0) is 56.2 Å². The van der Waals surface area contributed by atoms with Crippen molar-refractivity contribution in [1.29, 1.82) is 0 Å². The van der Waals surface area contributed by atoms with Gasteiger partial charge in [-0.2, -0.15) is 0 Å². The molecule has 1 aliphatic carbocycles. The van der Waals surface area contributed by atoms with Gasteiger partial charge in [0.15, 0.2) is 0 Å². The summed E-state index contributed by atoms with van der Waals surface area (Å²) in [4.78, 5) is 28.5. The van der Waals surface area contributed by atoms with Crippen molar-refractivity contribution in [3.8, 4) is 0 Å². The van der Waals surface area contributed by atoms with Crippen LogP contribution in [0, 0.1) is 12.8 Å². The Balaban J connectivity index is 1.58. The molecular weight excluding hydrogens is 376 g/mol. The first kappa shape index (κ1) is 20.6. The van der Waals surface area contributed by atoms with Crippen molar-refractivity contribution in [1.82, 2.24) is 10.2 Å². The number of hydrogen-bond acceptors (Lipinski definition) is 3. The highest BCUT2D eigenvalue weighted by atomic mass is 16.5. The van der Waals surface area contributed by atoms with Crippen LogP contribution < -0.4 is 5.32 Å². The Kier molecular flexibility index (Phi) is 5.91. The van der Waals surface area contributed by atoms with E-state index in [1.165, 1.54) is 0 Å². The first-order chi connectivity index (χ1) is 14.5. The third-order valence-electron chi connectivity index (χ3n) is 6.41. The van der Waals surface area contributed by atoms with Gasteiger partial charge in [-0.3, -0.25) is 14.5 Å². The number of amides is 2. The SMILES string of the molecule is Cc1cccc(C(=O)N2[C@H](C(=O)NCc3ccccc3)COC23CCC(C)CC3)c1. The summed E-state index contributed by atoms with van der Waals surface area (Å²) in [5.74, 6) is 0.335. The Morgan fingerprint density at radius 1 is 1.10 bits per heavy atom. The van der Waals surface area contributed by atoms with E-state index in [0.29, 0.717) is 18.0 Å². The van der Waals surface area contributed by atoms with Crippen molar-refractivity contribution in [2.75, 3.05) is 6.61 Å². The lowest BCUT2D eigenvalue weighted by molar-refractivity contribution is -0.128. The van der Waals surface area contributed by atoms with E-state index in [2.05, 4.69) is 12.2 Å². The monoisotopic (exact) mass is 406 g/mol. The number of nitrogens with one attached hydrogen (secondary N) is 1. The molecule has 0 aromatic heterocycles. The maximum atomic E-state index is 13.6. The molecule has 5 nitrogen and oxygen atoms in total. The fourth-order valence-corrected chi connectivity index (χ4v) is 4.60. The number of aryl methyl sites for hydroxylation is 1. The summed E-state index contributed by atoms with van der Waals surface area (Å²) >= 11 is 0. The van der Waals surface area contributed by atoms with E-state index in [0.717, 1.165) is 36.8 Å². The van der Waals surface area contributed by atoms with Crippen LogP contribution >= 0.6 is 0 Å². The molecule has 1 aliphatic heterocycles. The summed E-state index contributed by atoms with van der Waals surface area (Å²) in [6, 6.07) is 16.8. The van der Waals surface area contributed by atoms with E-state index in [9.17, 15) is 9.59 Å². The van der Waals surface area contributed by atoms with E-state index in [-0.39, 0.29) is 18.4 Å². The van der Waals surface area contributed by atoms with Crippen molar-refractivity contribution >= 4 is 11.8 Å². The number of benzene rings is 2. The standard InChI is InChI=1S/C25H30N2O3/c1-18-11-13-25(14-12-18)27(24(29)21-10-6-7-19(2)15-21)22(17-30-25)23(28)26-16-20-8-4-3-5-9-20/h3-10,15,18,22H,11-14,16-17H2,1-2H3,(H,26,28)/t18?,22-,25?/m0/s1. The third-order valence-corrected chi connectivity index (χ3v) is 6.41. The van der Waals surface area contributed by atoms with E-state index >= 15 is 0 Å². The lowest BCUT2D eigenvalue weighted by Gasteiger charge is -2.43. The molecule has 30 heavy (non-hydrogen) atoms. The molecule has 1 atom stereocenters. The average Bonchev–Trinajstić information content (AvgIpc) is 3.13. The lowest BCUT2D eigenvalue weighted by Crippen LogP contribution is -2.56. The fraction of sp³-hybridized carbons (Fsp3) is 0.440. The minimum atomic E-state index is -0.678. The summed E-state index contributed by atoms with van der Waals surface area (Å²) in [6.07, 6.45) is 3.54. The highest BCUT2D eigenvalue weighted by molar-refractivity contribution is 5.98. The maximum absolute atomic E-state index is 13.6. The molecular formula is C25H30N2O3. The molecule has 2 aromatic rings. The van der Waals surface area contributed by atoms with Crippen LogP contribution in [0.25, 0.3) is 0 Å². The predicted octanol–water partition coefficient (Wildman–Crippen LogP) is 4.06. The second-order valence-corrected chi connectivity index (χ2v) is 8.70. The predicted molar refractivity (Wildman–Crippen MR) is 116 cm³/mol. The molecule has 1 heterocycles. The van der Waals surface area contributed by atoms with Gasteiger partial charge < -0.3 is 10.1 Å². The zero-order valence-electron chi connectivity index (χ0n) is 17.8. The average molecular weight is 407 g/mol. The molecule has 0 unspecified atom stereocenters. The Labute approximate surface area is 178 Å². The van der Waals surface area contributed by atoms with Gasteiger partial charge in [0.2, 0.25) is 5.91 Å². The minimum Gasteiger partial charge on any atom is -0.353 e. The molecule has 1 saturated heterocycles. The van der Waals surface area contributed by atoms with E-state index in [1.807, 2.05) is 61.5 Å². The van der Waals surface area contributed by atoms with Crippen LogP contribution in [0.5, 0.6) is 0 Å². The first-order valence-electron chi connectivity index (χ1n) is 10.8. The number of ether oxygens (including phenoxy) is 1. The van der Waals surface area contributed by atoms with Crippen molar-refractivity contribution in [2.45, 2.75) is 57.8 Å². The van der Waals surface area contributed by atoms with Gasteiger partial charge in [0, 0.05) is 12.1 Å². The Morgan fingerprint density at radius 2 is 1.83 bits per heavy atom. The van der Waals surface area contributed by atoms with Crippen LogP contribution in [0.1, 0.15) is 54.1 Å². The lowest BCUT2D eigenvalue weighted by atomic mass is 9.83. The van der Waals surface area contributed by atoms with Crippen LogP contribution in [-0.2, 0) is 16.1 Å². The molecule has 2 fully saturated rings. The Bertz CT molecular complexity index is 904. The van der Waals surface area contributed by atoms with Gasteiger partial charge in [-0.25, -0.2) is 0 Å². The zero-order chi connectivity index (χ0) is 21.1. The first-order valence-corrected chi connectivity index (χ1v) is 10.8. The largest absolute Gasteiger partial charge is 0.353 e. The normalized spacial score (nSPS) is 26.0. The van der Waals surface area contributed by atoms with Gasteiger partial charge in [0.1, 0.15) is 11.8 Å². The molecule has 0 radical (unpaired) electrons. The van der Waals surface area contributed by atoms with Crippen molar-refractivity contribution in [3.63, 3.8) is 0 Å². The second kappa shape index (κ2) is 8.60. The molecule has 2 amide bonds. The quantitative estimate of drug-likeness (QED) is 0.833. The smallest absolute Gasteiger partial charge is 0.256 e. The van der Waals surface area contributed by atoms with Crippen molar-refractivity contribution < 1.29 is 14.3 Å². The van der Waals surface area contributed by atoms with Gasteiger partial charge in [-0.15, -0.1) is 0 Å². The molecule has 2 aliphatic rings. The highest BCUT2D eigenvalue weighted by Crippen LogP contribution is 2.43. The Hall–Kier alpha value is -2.66. The summed E-state index contributed by atoms with van der Waals surface area (Å²) in [5.41, 5.74) is 1.99. The summed E-state index contributed by atoms with van der Waals surface area (Å²) in [7, 11) is 0. The summed E-state index contributed by atoms with van der Waals surface area (Å²) in [5, 5.41) is 3.01. The fourth-order valence-electron chi connectivity index (χ4n) is 4.60.